The largest absolute Gasteiger partial charge is 0.461 e. The highest BCUT2D eigenvalue weighted by molar-refractivity contribution is 7.13. The monoisotopic (exact) mass is 661 g/mol. The fourth-order valence-corrected chi connectivity index (χ4v) is 6.62. The van der Waals surface area contributed by atoms with Gasteiger partial charge in [-0.05, 0) is 86.8 Å². The number of rotatable bonds is 14. The van der Waals surface area contributed by atoms with Crippen molar-refractivity contribution in [3.63, 3.8) is 0 Å². The van der Waals surface area contributed by atoms with E-state index in [0.717, 1.165) is 42.2 Å². The zero-order chi connectivity index (χ0) is 32.4. The van der Waals surface area contributed by atoms with E-state index in [1.807, 2.05) is 12.1 Å². The van der Waals surface area contributed by atoms with Crippen molar-refractivity contribution in [2.45, 2.75) is 71.1 Å². The summed E-state index contributed by atoms with van der Waals surface area (Å²) >= 11 is 13.5. The molecule has 2 unspecified atom stereocenters. The number of benzene rings is 1. The topological polar surface area (TPSA) is 128 Å². The summed E-state index contributed by atoms with van der Waals surface area (Å²) in [6.45, 7) is 4.17. The van der Waals surface area contributed by atoms with Crippen molar-refractivity contribution < 1.29 is 34.8 Å². The number of esters is 1. The number of amides is 1. The van der Waals surface area contributed by atoms with Crippen LogP contribution in [0.25, 0.3) is 0 Å². The molecule has 244 valence electrons. The zero-order valence-electron chi connectivity index (χ0n) is 25.9. The Labute approximate surface area is 270 Å². The Balaban J connectivity index is 0.000000439. The molecule has 0 spiro atoms. The molecule has 0 saturated heterocycles. The number of thiophene rings is 1. The van der Waals surface area contributed by atoms with Crippen LogP contribution in [0.1, 0.15) is 71.6 Å². The number of carbonyl (C=O) groups is 2. The number of ether oxygens (including phenoxy) is 1. The van der Waals surface area contributed by atoms with E-state index in [1.54, 1.807) is 6.07 Å². The van der Waals surface area contributed by atoms with Gasteiger partial charge < -0.3 is 30.1 Å². The summed E-state index contributed by atoms with van der Waals surface area (Å²) in [5, 5.41) is 36.7. The fourth-order valence-electron chi connectivity index (χ4n) is 4.92. The molecule has 0 bridgehead atoms. The number of hydrogen-bond donors (Lipinski definition) is 4. The highest BCUT2D eigenvalue weighted by Gasteiger charge is 2.34. The highest BCUT2D eigenvalue weighted by Crippen LogP contribution is 2.32. The maximum Gasteiger partial charge on any atom is 0.348 e. The van der Waals surface area contributed by atoms with Gasteiger partial charge >= 0.3 is 5.97 Å². The molecule has 8 nitrogen and oxygen atoms in total. The standard InChI is InChI=1S/C17H27NO6S.C14H18Cl2.CH4O/c1-3-4-14-5-6-15(25-14)16(23)24-12-17(10-20,11-21)9-18(7-8-19)13(2)22;1-10-6-12(9-14(16)7-10)3-2-11-4-5-13(15)8-11;1-2/h5-6,19-21H,3-4,7-12H2,1-2H3;6-7,9,11,13H,2-5,8H2,1H3;2H,1H3. The van der Waals surface area contributed by atoms with Crippen LogP contribution in [0.3, 0.4) is 0 Å². The molecule has 2 atom stereocenters. The van der Waals surface area contributed by atoms with Crippen molar-refractivity contribution in [2.75, 3.05) is 46.6 Å². The lowest BCUT2D eigenvalue weighted by molar-refractivity contribution is -0.133. The number of aliphatic hydroxyl groups excluding tert-OH is 4. The van der Waals surface area contributed by atoms with Gasteiger partial charge in [-0.15, -0.1) is 22.9 Å². The molecule has 1 heterocycles. The van der Waals surface area contributed by atoms with E-state index >= 15 is 0 Å². The normalized spacial score (nSPS) is 16.0. The molecular formula is C32H49Cl2NO7S. The first-order chi connectivity index (χ1) is 20.5. The first-order valence-corrected chi connectivity index (χ1v) is 16.4. The number of aryl methyl sites for hydroxylation is 3. The number of carbonyl (C=O) groups excluding carboxylic acids is 2. The molecule has 43 heavy (non-hydrogen) atoms. The van der Waals surface area contributed by atoms with E-state index in [9.17, 15) is 19.8 Å². The third kappa shape index (κ3) is 14.3. The van der Waals surface area contributed by atoms with Crippen molar-refractivity contribution in [1.29, 1.82) is 0 Å². The highest BCUT2D eigenvalue weighted by atomic mass is 35.5. The quantitative estimate of drug-likeness (QED) is 0.161. The van der Waals surface area contributed by atoms with Crippen molar-refractivity contribution in [3.8, 4) is 0 Å². The van der Waals surface area contributed by atoms with E-state index in [-0.39, 0.29) is 32.2 Å². The van der Waals surface area contributed by atoms with E-state index < -0.39 is 24.6 Å². The number of nitrogens with zero attached hydrogens (tertiary/aromatic N) is 1. The van der Waals surface area contributed by atoms with Crippen LogP contribution >= 0.6 is 34.5 Å². The number of halogens is 2. The predicted octanol–water partition coefficient (Wildman–Crippen LogP) is 5.27. The zero-order valence-corrected chi connectivity index (χ0v) is 28.2. The average Bonchev–Trinajstić information content (AvgIpc) is 3.63. The van der Waals surface area contributed by atoms with E-state index in [0.29, 0.717) is 10.3 Å². The van der Waals surface area contributed by atoms with Crippen LogP contribution in [0.5, 0.6) is 0 Å². The summed E-state index contributed by atoms with van der Waals surface area (Å²) < 4.78 is 5.28. The lowest BCUT2D eigenvalue weighted by atomic mass is 9.90. The van der Waals surface area contributed by atoms with Gasteiger partial charge in [0.1, 0.15) is 11.5 Å². The van der Waals surface area contributed by atoms with Gasteiger partial charge in [-0.1, -0.05) is 31.0 Å². The Kier molecular flexibility index (Phi) is 19.3. The maximum atomic E-state index is 12.2. The Morgan fingerprint density at radius 2 is 1.79 bits per heavy atom. The minimum absolute atomic E-state index is 0.0191. The van der Waals surface area contributed by atoms with Gasteiger partial charge in [0.2, 0.25) is 5.91 Å². The summed E-state index contributed by atoms with van der Waals surface area (Å²) in [4.78, 5) is 26.7. The first-order valence-electron chi connectivity index (χ1n) is 14.7. The molecule has 1 aliphatic rings. The van der Waals surface area contributed by atoms with Gasteiger partial charge in [-0.3, -0.25) is 4.79 Å². The summed E-state index contributed by atoms with van der Waals surface area (Å²) in [6.07, 6.45) is 7.96. The molecule has 1 aromatic heterocycles. The lowest BCUT2D eigenvalue weighted by Crippen LogP contribution is -2.48. The Hall–Kier alpha value is -1.72. The van der Waals surface area contributed by atoms with Gasteiger partial charge in [0, 0.05) is 42.4 Å². The second-order valence-corrected chi connectivity index (χ2v) is 13.2. The van der Waals surface area contributed by atoms with Crippen LogP contribution in [0, 0.1) is 18.3 Å². The van der Waals surface area contributed by atoms with Crippen LogP contribution < -0.4 is 0 Å². The smallest absolute Gasteiger partial charge is 0.348 e. The number of aliphatic hydroxyl groups is 4. The molecule has 0 radical (unpaired) electrons. The van der Waals surface area contributed by atoms with Gasteiger partial charge in [-0.2, -0.15) is 0 Å². The molecule has 0 aliphatic heterocycles. The Morgan fingerprint density at radius 1 is 1.09 bits per heavy atom. The SMILES string of the molecule is CCCc1ccc(C(=O)OCC(CO)(CO)CN(CCO)C(C)=O)s1.CO.Cc1cc(Cl)cc(CCC2CCC(Cl)C2)c1. The molecule has 1 aliphatic carbocycles. The van der Waals surface area contributed by atoms with Crippen LogP contribution in [0.2, 0.25) is 5.02 Å². The molecule has 1 amide bonds. The molecule has 2 aromatic rings. The minimum Gasteiger partial charge on any atom is -0.461 e. The molecule has 1 fully saturated rings. The van der Waals surface area contributed by atoms with Gasteiger partial charge in [-0.25, -0.2) is 4.79 Å². The molecule has 11 heteroatoms. The predicted molar refractivity (Wildman–Crippen MR) is 174 cm³/mol. The summed E-state index contributed by atoms with van der Waals surface area (Å²) in [7, 11) is 1.00. The van der Waals surface area contributed by atoms with Gasteiger partial charge in [0.25, 0.3) is 0 Å². The number of alkyl halides is 1. The third-order valence-electron chi connectivity index (χ3n) is 7.30. The second-order valence-electron chi connectivity index (χ2n) is 11.0. The van der Waals surface area contributed by atoms with Gasteiger partial charge in [0.05, 0.1) is 25.2 Å². The summed E-state index contributed by atoms with van der Waals surface area (Å²) in [5.41, 5.74) is 1.44. The van der Waals surface area contributed by atoms with Gasteiger partial charge in [0.15, 0.2) is 0 Å². The molecular weight excluding hydrogens is 613 g/mol. The van der Waals surface area contributed by atoms with Crippen molar-refractivity contribution in [1.82, 2.24) is 4.90 Å². The van der Waals surface area contributed by atoms with E-state index in [4.69, 9.17) is 38.2 Å². The van der Waals surface area contributed by atoms with E-state index in [1.165, 1.54) is 60.0 Å². The van der Waals surface area contributed by atoms with Crippen LogP contribution in [-0.4, -0.2) is 89.2 Å². The molecule has 1 aromatic carbocycles. The van der Waals surface area contributed by atoms with Crippen molar-refractivity contribution in [3.05, 3.63) is 56.2 Å². The molecule has 1 saturated carbocycles. The Bertz CT molecular complexity index is 1070. The Morgan fingerprint density at radius 3 is 2.33 bits per heavy atom. The summed E-state index contributed by atoms with van der Waals surface area (Å²) in [5.74, 6) is 0.00562. The minimum atomic E-state index is -1.18. The molecule has 4 N–H and O–H groups in total. The average molecular weight is 663 g/mol. The molecule has 3 rings (SSSR count). The van der Waals surface area contributed by atoms with E-state index in [2.05, 4.69) is 26.0 Å². The summed E-state index contributed by atoms with van der Waals surface area (Å²) in [6, 6.07) is 9.91. The number of hydrogen-bond acceptors (Lipinski definition) is 8. The fraction of sp³-hybridized carbons (Fsp3) is 0.625. The van der Waals surface area contributed by atoms with Crippen LogP contribution in [0.4, 0.5) is 0 Å². The first kappa shape index (κ1) is 39.3. The van der Waals surface area contributed by atoms with Crippen molar-refractivity contribution >= 4 is 46.4 Å². The van der Waals surface area contributed by atoms with Crippen LogP contribution in [-0.2, 0) is 22.4 Å². The van der Waals surface area contributed by atoms with Crippen LogP contribution in [0.15, 0.2) is 30.3 Å². The second kappa shape index (κ2) is 21.1. The lowest BCUT2D eigenvalue weighted by Gasteiger charge is -2.34. The maximum absolute atomic E-state index is 12.2. The third-order valence-corrected chi connectivity index (χ3v) is 9.04. The van der Waals surface area contributed by atoms with Crippen molar-refractivity contribution in [2.24, 2.45) is 11.3 Å².